The zero-order valence-electron chi connectivity index (χ0n) is 25.6. The number of fused-ring (bicyclic) bond motifs is 4. The van der Waals surface area contributed by atoms with E-state index in [-0.39, 0.29) is 34.5 Å². The van der Waals surface area contributed by atoms with Gasteiger partial charge in [0.05, 0.1) is 5.41 Å². The van der Waals surface area contributed by atoms with Crippen molar-refractivity contribution >= 4 is 24.7 Å². The zero-order valence-corrected chi connectivity index (χ0v) is 26.6. The van der Waals surface area contributed by atoms with Gasteiger partial charge < -0.3 is 9.16 Å². The fourth-order valence-electron chi connectivity index (χ4n) is 10.8. The van der Waals surface area contributed by atoms with Gasteiger partial charge in [-0.15, -0.1) is 0 Å². The van der Waals surface area contributed by atoms with Gasteiger partial charge in [-0.1, -0.05) is 101 Å². The second-order valence-corrected chi connectivity index (χ2v) is 19.6. The van der Waals surface area contributed by atoms with E-state index in [9.17, 15) is 4.79 Å². The first kappa shape index (κ1) is 27.6. The molecule has 218 valence electrons. The summed E-state index contributed by atoms with van der Waals surface area (Å²) in [5.74, 6) is 2.73. The average Bonchev–Trinajstić information content (AvgIpc) is 3.47. The quantitative estimate of drug-likeness (QED) is 0.221. The highest BCUT2D eigenvalue weighted by Gasteiger charge is 2.67. The third-order valence-electron chi connectivity index (χ3n) is 12.7. The number of carbonyl (C=O) groups is 1. The lowest BCUT2D eigenvalue weighted by molar-refractivity contribution is -0.161. The Morgan fingerprint density at radius 1 is 0.854 bits per heavy atom. The number of carbonyl (C=O) groups excluding carboxylic acids is 1. The number of esters is 1. The lowest BCUT2D eigenvalue weighted by atomic mass is 9.44. The number of hydrogen-bond donors (Lipinski definition) is 0. The number of rotatable bonds is 4. The van der Waals surface area contributed by atoms with Crippen molar-refractivity contribution in [2.45, 2.75) is 96.8 Å². The van der Waals surface area contributed by atoms with E-state index in [1.54, 1.807) is 0 Å². The molecule has 3 saturated carbocycles. The van der Waals surface area contributed by atoms with Crippen molar-refractivity contribution in [2.24, 2.45) is 40.4 Å². The molecule has 0 bridgehead atoms. The monoisotopic (exact) mass is 568 g/mol. The molecular formula is C37H48O3Si. The molecule has 1 aliphatic heterocycles. The Balaban J connectivity index is 1.17. The molecule has 2 aromatic rings. The van der Waals surface area contributed by atoms with Crippen molar-refractivity contribution in [2.75, 3.05) is 0 Å². The molecular weight excluding hydrogens is 520 g/mol. The first-order valence-corrected chi connectivity index (χ1v) is 18.2. The van der Waals surface area contributed by atoms with Crippen LogP contribution in [-0.4, -0.2) is 26.5 Å². The molecule has 0 radical (unpaired) electrons. The topological polar surface area (TPSA) is 35.5 Å². The van der Waals surface area contributed by atoms with Crippen LogP contribution >= 0.6 is 0 Å². The summed E-state index contributed by atoms with van der Waals surface area (Å²) >= 11 is 0. The van der Waals surface area contributed by atoms with E-state index in [0.29, 0.717) is 29.1 Å². The van der Waals surface area contributed by atoms with Crippen LogP contribution in [0.3, 0.4) is 0 Å². The minimum Gasteiger partial charge on any atom is -0.462 e. The van der Waals surface area contributed by atoms with E-state index in [2.05, 4.69) is 107 Å². The lowest BCUT2D eigenvalue weighted by Crippen LogP contribution is -2.68. The summed E-state index contributed by atoms with van der Waals surface area (Å²) in [7, 11) is -2.56. The van der Waals surface area contributed by atoms with Gasteiger partial charge in [-0.05, 0) is 96.4 Å². The molecule has 1 spiro atoms. The molecule has 41 heavy (non-hydrogen) atoms. The Bertz CT molecular complexity index is 1280. The molecule has 4 fully saturated rings. The number of benzene rings is 2. The fourth-order valence-corrected chi connectivity index (χ4v) is 15.5. The van der Waals surface area contributed by atoms with Gasteiger partial charge in [0.1, 0.15) is 6.10 Å². The van der Waals surface area contributed by atoms with Crippen LogP contribution in [0, 0.1) is 40.4 Å². The third-order valence-corrected chi connectivity index (χ3v) is 17.8. The van der Waals surface area contributed by atoms with Gasteiger partial charge in [0.2, 0.25) is 0 Å². The van der Waals surface area contributed by atoms with Crippen molar-refractivity contribution in [3.8, 4) is 0 Å². The van der Waals surface area contributed by atoms with Crippen molar-refractivity contribution in [1.29, 1.82) is 0 Å². The molecule has 4 heteroatoms. The van der Waals surface area contributed by atoms with Crippen LogP contribution in [0.15, 0.2) is 72.8 Å². The van der Waals surface area contributed by atoms with Gasteiger partial charge in [0, 0.05) is 12.0 Å². The molecule has 9 atom stereocenters. The first-order valence-electron chi connectivity index (χ1n) is 16.3. The van der Waals surface area contributed by atoms with E-state index in [1.165, 1.54) is 36.1 Å². The van der Waals surface area contributed by atoms with Gasteiger partial charge in [0.25, 0.3) is 8.32 Å². The van der Waals surface area contributed by atoms with Crippen molar-refractivity contribution in [3.05, 3.63) is 72.8 Å². The normalized spacial score (nSPS) is 39.8. The van der Waals surface area contributed by atoms with Crippen molar-refractivity contribution in [3.63, 3.8) is 0 Å². The Morgan fingerprint density at radius 2 is 1.49 bits per heavy atom. The number of cyclic esters (lactones) is 1. The summed E-state index contributed by atoms with van der Waals surface area (Å²) in [4.78, 5) is 13.3. The summed E-state index contributed by atoms with van der Waals surface area (Å²) in [5.41, 5.74) is 0.0588. The highest BCUT2D eigenvalue weighted by atomic mass is 28.4. The minimum absolute atomic E-state index is 0.00415. The molecule has 7 rings (SSSR count). The lowest BCUT2D eigenvalue weighted by Gasteiger charge is -2.60. The van der Waals surface area contributed by atoms with Crippen molar-refractivity contribution in [1.82, 2.24) is 0 Å². The van der Waals surface area contributed by atoms with Crippen LogP contribution < -0.4 is 10.4 Å². The van der Waals surface area contributed by atoms with Gasteiger partial charge >= 0.3 is 5.97 Å². The second-order valence-electron chi connectivity index (χ2n) is 15.4. The summed E-state index contributed by atoms with van der Waals surface area (Å²) < 4.78 is 13.5. The molecule has 1 heterocycles. The maximum absolute atomic E-state index is 13.3. The molecule has 0 N–H and O–H groups in total. The maximum Gasteiger partial charge on any atom is 0.313 e. The van der Waals surface area contributed by atoms with Crippen LogP contribution in [0.25, 0.3) is 0 Å². The van der Waals surface area contributed by atoms with E-state index < -0.39 is 8.32 Å². The van der Waals surface area contributed by atoms with Crippen LogP contribution in [0.4, 0.5) is 0 Å². The Labute approximate surface area is 248 Å². The SMILES string of the molecule is C[C@@H]1OC(=O)[C@]23CC[C@H]4[C@@H](CC[C@H]5C[C@@H](O[Si](c6ccccc6)(c6ccccc6)C(C)(C)C)CC[C@@]54C)[C@@H]2C=C[C@H]13. The summed E-state index contributed by atoms with van der Waals surface area (Å²) in [6.45, 7) is 11.9. The van der Waals surface area contributed by atoms with E-state index in [4.69, 9.17) is 9.16 Å². The molecule has 5 aliphatic rings. The van der Waals surface area contributed by atoms with Crippen LogP contribution in [0.5, 0.6) is 0 Å². The molecule has 4 aliphatic carbocycles. The molecule has 0 unspecified atom stereocenters. The Hall–Kier alpha value is -2.17. The highest BCUT2D eigenvalue weighted by Crippen LogP contribution is 2.68. The number of allylic oxidation sites excluding steroid dienone is 1. The smallest absolute Gasteiger partial charge is 0.313 e. The van der Waals surface area contributed by atoms with Crippen LogP contribution in [-0.2, 0) is 14.0 Å². The van der Waals surface area contributed by atoms with E-state index in [1.807, 2.05) is 0 Å². The molecule has 0 amide bonds. The highest BCUT2D eigenvalue weighted by molar-refractivity contribution is 6.99. The largest absolute Gasteiger partial charge is 0.462 e. The zero-order chi connectivity index (χ0) is 28.6. The molecule has 2 aromatic carbocycles. The van der Waals surface area contributed by atoms with Crippen LogP contribution in [0.2, 0.25) is 5.04 Å². The minimum atomic E-state index is -2.56. The maximum atomic E-state index is 13.3. The summed E-state index contributed by atoms with van der Waals surface area (Å²) in [5, 5.41) is 2.77. The van der Waals surface area contributed by atoms with Gasteiger partial charge in [-0.3, -0.25) is 4.79 Å². The molecule has 0 aromatic heterocycles. The molecule has 1 saturated heterocycles. The van der Waals surface area contributed by atoms with Gasteiger partial charge in [-0.25, -0.2) is 0 Å². The predicted molar refractivity (Wildman–Crippen MR) is 167 cm³/mol. The Morgan fingerprint density at radius 3 is 2.12 bits per heavy atom. The number of ether oxygens (including phenoxy) is 1. The summed E-state index contributed by atoms with van der Waals surface area (Å²) in [6, 6.07) is 22.3. The second kappa shape index (κ2) is 9.67. The predicted octanol–water partition coefficient (Wildman–Crippen LogP) is 7.29. The fraction of sp³-hybridized carbons (Fsp3) is 0.595. The summed E-state index contributed by atoms with van der Waals surface area (Å²) in [6.07, 6.45) is 13.3. The standard InChI is InChI=1S/C37H48O3Si/c1-25-31-18-19-33-30-17-16-26-24-27(20-22-36(26,5)32(30)21-23-37(31,33)34(38)39-25)40-41(35(2,3)4,28-12-8-6-9-13-28)29-14-10-7-11-15-29/h6-15,18-19,25-27,30-33H,16-17,20-24H2,1-5H3/t25-,26-,27-,30+,31+,32-,33-,36-,37-/m0/s1. The van der Waals surface area contributed by atoms with E-state index >= 15 is 0 Å². The van der Waals surface area contributed by atoms with Crippen molar-refractivity contribution < 1.29 is 14.0 Å². The third kappa shape index (κ3) is 3.88. The number of hydrogen-bond acceptors (Lipinski definition) is 3. The van der Waals surface area contributed by atoms with Gasteiger partial charge in [-0.2, -0.15) is 0 Å². The Kier molecular flexibility index (Phi) is 6.52. The first-order chi connectivity index (χ1) is 19.6. The van der Waals surface area contributed by atoms with Gasteiger partial charge in [0.15, 0.2) is 0 Å². The van der Waals surface area contributed by atoms with E-state index in [0.717, 1.165) is 19.3 Å². The average molecular weight is 569 g/mol. The van der Waals surface area contributed by atoms with Crippen LogP contribution in [0.1, 0.15) is 79.6 Å². The molecule has 3 nitrogen and oxygen atoms in total.